The first kappa shape index (κ1) is 24.5. The fourth-order valence-corrected chi connectivity index (χ4v) is 2.31. The number of aliphatic imine (C=N–C) groups is 1. The van der Waals surface area contributed by atoms with Crippen molar-refractivity contribution in [3.63, 3.8) is 0 Å². The topological polar surface area (TPSA) is 66.0 Å². The van der Waals surface area contributed by atoms with E-state index in [1.165, 1.54) is 0 Å². The summed E-state index contributed by atoms with van der Waals surface area (Å²) >= 11 is 0. The quantitative estimate of drug-likeness (QED) is 0.377. The maximum absolute atomic E-state index is 12.0. The van der Waals surface area contributed by atoms with Gasteiger partial charge in [-0.3, -0.25) is 9.79 Å². The summed E-state index contributed by atoms with van der Waals surface area (Å²) in [5, 5.41) is 6.19. The molecule has 0 radical (unpaired) electrons. The van der Waals surface area contributed by atoms with Gasteiger partial charge in [0.05, 0.1) is 13.1 Å². The molecule has 6 nitrogen and oxygen atoms in total. The largest absolute Gasteiger partial charge is 0.489 e. The Morgan fingerprint density at radius 1 is 1.31 bits per heavy atom. The van der Waals surface area contributed by atoms with E-state index in [0.29, 0.717) is 12.5 Å². The molecule has 0 spiro atoms. The monoisotopic (exact) mass is 476 g/mol. The van der Waals surface area contributed by atoms with E-state index >= 15 is 0 Å². The number of amides is 1. The van der Waals surface area contributed by atoms with Gasteiger partial charge in [0.15, 0.2) is 5.96 Å². The summed E-state index contributed by atoms with van der Waals surface area (Å²) in [6.07, 6.45) is -0.0327. The number of rotatable bonds is 6. The SMILES string of the molecule is CN=C(NCC(C)Oc1ccccc1C)N(C)CC(=O)NC(C)(C)C.I. The van der Waals surface area contributed by atoms with Gasteiger partial charge in [0.25, 0.3) is 0 Å². The number of halogens is 1. The second-order valence-corrected chi connectivity index (χ2v) is 7.28. The molecular formula is C19H33IN4O2. The van der Waals surface area contributed by atoms with Crippen molar-refractivity contribution in [2.45, 2.75) is 46.3 Å². The maximum Gasteiger partial charge on any atom is 0.240 e. The van der Waals surface area contributed by atoms with Crippen LogP contribution in [0.4, 0.5) is 0 Å². The first-order valence-corrected chi connectivity index (χ1v) is 8.57. The van der Waals surface area contributed by atoms with Crippen LogP contribution in [0.15, 0.2) is 29.3 Å². The number of aryl methyl sites for hydroxylation is 1. The lowest BCUT2D eigenvalue weighted by Crippen LogP contribution is -2.49. The summed E-state index contributed by atoms with van der Waals surface area (Å²) in [6, 6.07) is 7.94. The van der Waals surface area contributed by atoms with Gasteiger partial charge in [-0.1, -0.05) is 18.2 Å². The van der Waals surface area contributed by atoms with Crippen molar-refractivity contribution in [2.75, 3.05) is 27.2 Å². The number of carbonyl (C=O) groups is 1. The van der Waals surface area contributed by atoms with Crippen LogP contribution in [0.5, 0.6) is 5.75 Å². The molecule has 1 amide bonds. The summed E-state index contributed by atoms with van der Waals surface area (Å²) in [6.45, 7) is 10.7. The van der Waals surface area contributed by atoms with Gasteiger partial charge in [-0.2, -0.15) is 0 Å². The van der Waals surface area contributed by atoms with Crippen LogP contribution in [0.3, 0.4) is 0 Å². The molecule has 26 heavy (non-hydrogen) atoms. The molecule has 0 aromatic heterocycles. The number of likely N-dealkylation sites (N-methyl/N-ethyl adjacent to an activating group) is 1. The van der Waals surface area contributed by atoms with Gasteiger partial charge in [0.1, 0.15) is 11.9 Å². The molecule has 0 aliphatic rings. The normalized spacial score (nSPS) is 12.7. The van der Waals surface area contributed by atoms with E-state index in [2.05, 4.69) is 15.6 Å². The molecule has 0 fully saturated rings. The highest BCUT2D eigenvalue weighted by Crippen LogP contribution is 2.17. The third-order valence-electron chi connectivity index (χ3n) is 3.44. The standard InChI is InChI=1S/C19H32N4O2.HI/c1-14-10-8-9-11-16(14)25-15(2)12-21-18(20-6)23(7)13-17(24)22-19(3,4)5;/h8-11,15H,12-13H2,1-7H3,(H,20,21)(H,22,24);1H. The fourth-order valence-electron chi connectivity index (χ4n) is 2.31. The van der Waals surface area contributed by atoms with Crippen molar-refractivity contribution >= 4 is 35.8 Å². The average Bonchev–Trinajstić information content (AvgIpc) is 2.48. The minimum Gasteiger partial charge on any atom is -0.489 e. The van der Waals surface area contributed by atoms with Crippen LogP contribution in [0.1, 0.15) is 33.3 Å². The number of nitrogens with one attached hydrogen (secondary N) is 2. The number of carbonyl (C=O) groups excluding carboxylic acids is 1. The van der Waals surface area contributed by atoms with Gasteiger partial charge < -0.3 is 20.3 Å². The number of hydrogen-bond acceptors (Lipinski definition) is 3. The minimum absolute atomic E-state index is 0. The Balaban J connectivity index is 0.00000625. The molecule has 1 aromatic rings. The van der Waals surface area contributed by atoms with E-state index in [1.54, 1.807) is 11.9 Å². The molecule has 0 heterocycles. The highest BCUT2D eigenvalue weighted by Gasteiger charge is 2.17. The molecule has 2 N–H and O–H groups in total. The van der Waals surface area contributed by atoms with Crippen LogP contribution < -0.4 is 15.4 Å². The van der Waals surface area contributed by atoms with E-state index in [0.717, 1.165) is 11.3 Å². The number of guanidine groups is 1. The minimum atomic E-state index is -0.245. The zero-order valence-corrected chi connectivity index (χ0v) is 19.3. The molecule has 0 aliphatic heterocycles. The van der Waals surface area contributed by atoms with Gasteiger partial charge in [0.2, 0.25) is 5.91 Å². The van der Waals surface area contributed by atoms with Gasteiger partial charge in [0, 0.05) is 19.6 Å². The highest BCUT2D eigenvalue weighted by atomic mass is 127. The first-order valence-electron chi connectivity index (χ1n) is 8.57. The Labute approximate surface area is 174 Å². The molecule has 148 valence electrons. The number of para-hydroxylation sites is 1. The number of ether oxygens (including phenoxy) is 1. The molecule has 0 bridgehead atoms. The van der Waals surface area contributed by atoms with Crippen molar-refractivity contribution in [1.29, 1.82) is 0 Å². The Bertz CT molecular complexity index is 599. The van der Waals surface area contributed by atoms with Crippen LogP contribution in [0, 0.1) is 6.92 Å². The van der Waals surface area contributed by atoms with Crippen LogP contribution >= 0.6 is 24.0 Å². The van der Waals surface area contributed by atoms with Crippen LogP contribution in [0.2, 0.25) is 0 Å². The van der Waals surface area contributed by atoms with Crippen molar-refractivity contribution in [1.82, 2.24) is 15.5 Å². The van der Waals surface area contributed by atoms with E-state index in [-0.39, 0.29) is 48.1 Å². The molecule has 0 saturated heterocycles. The maximum atomic E-state index is 12.0. The average molecular weight is 476 g/mol. The lowest BCUT2D eigenvalue weighted by molar-refractivity contribution is -0.122. The lowest BCUT2D eigenvalue weighted by Gasteiger charge is -2.26. The Kier molecular flexibility index (Phi) is 10.6. The molecule has 1 unspecified atom stereocenters. The number of hydrogen-bond donors (Lipinski definition) is 2. The fraction of sp³-hybridized carbons (Fsp3) is 0.579. The lowest BCUT2D eigenvalue weighted by atomic mass is 10.1. The molecule has 1 aromatic carbocycles. The van der Waals surface area contributed by atoms with Gasteiger partial charge in [-0.05, 0) is 46.2 Å². The molecule has 1 atom stereocenters. The van der Waals surface area contributed by atoms with Gasteiger partial charge in [-0.25, -0.2) is 0 Å². The van der Waals surface area contributed by atoms with E-state index in [9.17, 15) is 4.79 Å². The van der Waals surface area contributed by atoms with Crippen LogP contribution in [-0.4, -0.2) is 55.6 Å². The molecule has 0 saturated carbocycles. The molecule has 1 rings (SSSR count). The highest BCUT2D eigenvalue weighted by molar-refractivity contribution is 14.0. The van der Waals surface area contributed by atoms with E-state index in [4.69, 9.17) is 4.74 Å². The van der Waals surface area contributed by atoms with Crippen molar-refractivity contribution < 1.29 is 9.53 Å². The summed E-state index contributed by atoms with van der Waals surface area (Å²) in [7, 11) is 3.54. The predicted octanol–water partition coefficient (Wildman–Crippen LogP) is 2.80. The molecule has 7 heteroatoms. The van der Waals surface area contributed by atoms with E-state index in [1.807, 2.05) is 65.9 Å². The van der Waals surface area contributed by atoms with Crippen molar-refractivity contribution in [3.8, 4) is 5.75 Å². The van der Waals surface area contributed by atoms with Crippen molar-refractivity contribution in [3.05, 3.63) is 29.8 Å². The van der Waals surface area contributed by atoms with Gasteiger partial charge in [-0.15, -0.1) is 24.0 Å². The zero-order chi connectivity index (χ0) is 19.0. The Morgan fingerprint density at radius 3 is 2.46 bits per heavy atom. The summed E-state index contributed by atoms with van der Waals surface area (Å²) in [4.78, 5) is 18.1. The molecule has 0 aliphatic carbocycles. The van der Waals surface area contributed by atoms with Crippen molar-refractivity contribution in [2.24, 2.45) is 4.99 Å². The Hall–Kier alpha value is -1.51. The van der Waals surface area contributed by atoms with Crippen LogP contribution in [0.25, 0.3) is 0 Å². The van der Waals surface area contributed by atoms with Crippen LogP contribution in [-0.2, 0) is 4.79 Å². The smallest absolute Gasteiger partial charge is 0.240 e. The van der Waals surface area contributed by atoms with E-state index < -0.39 is 0 Å². The number of nitrogens with zero attached hydrogens (tertiary/aromatic N) is 2. The second kappa shape index (κ2) is 11.3. The Morgan fingerprint density at radius 2 is 1.92 bits per heavy atom. The molecular weight excluding hydrogens is 443 g/mol. The first-order chi connectivity index (χ1) is 11.6. The third-order valence-corrected chi connectivity index (χ3v) is 3.44. The van der Waals surface area contributed by atoms with Gasteiger partial charge >= 0.3 is 0 Å². The third kappa shape index (κ3) is 9.26. The summed E-state index contributed by atoms with van der Waals surface area (Å²) < 4.78 is 5.95. The zero-order valence-electron chi connectivity index (χ0n) is 16.9. The predicted molar refractivity (Wildman–Crippen MR) is 119 cm³/mol. The summed E-state index contributed by atoms with van der Waals surface area (Å²) in [5.41, 5.74) is 0.861. The second-order valence-electron chi connectivity index (χ2n) is 7.28. The summed E-state index contributed by atoms with van der Waals surface area (Å²) in [5.74, 6) is 1.50. The number of benzene rings is 1.